The predicted molar refractivity (Wildman–Crippen MR) is 143 cm³/mol. The summed E-state index contributed by atoms with van der Waals surface area (Å²) in [6.07, 6.45) is 7.63. The normalized spacial score (nSPS) is 11.8. The number of benzene rings is 2. The summed E-state index contributed by atoms with van der Waals surface area (Å²) >= 11 is 0. The Morgan fingerprint density at radius 3 is 2.63 bits per heavy atom. The first-order valence-electron chi connectivity index (χ1n) is 12.5. The molecule has 0 spiro atoms. The molecule has 188 valence electrons. The van der Waals surface area contributed by atoms with Gasteiger partial charge in [-0.25, -0.2) is 4.98 Å². The number of carbonyl (C=O) groups excluding carboxylic acids is 1. The third kappa shape index (κ3) is 7.35. The minimum Gasteiger partial charge on any atom is -0.493 e. The van der Waals surface area contributed by atoms with E-state index in [0.717, 1.165) is 66.1 Å². The van der Waals surface area contributed by atoms with Gasteiger partial charge in [-0.2, -0.15) is 0 Å². The second-order valence-electron chi connectivity index (χ2n) is 9.74. The lowest BCUT2D eigenvalue weighted by Gasteiger charge is -2.17. The maximum absolute atomic E-state index is 12.1. The lowest BCUT2D eigenvalue weighted by Crippen LogP contribution is -2.35. The molecule has 2 aromatic carbocycles. The molecule has 6 heteroatoms. The molecular weight excluding hydrogens is 438 g/mol. The maximum Gasteiger partial charge on any atom is 0.225 e. The van der Waals surface area contributed by atoms with Gasteiger partial charge in [0.25, 0.3) is 0 Å². The molecule has 1 aromatic heterocycles. The molecule has 0 saturated carbocycles. The molecule has 3 aromatic rings. The van der Waals surface area contributed by atoms with Gasteiger partial charge in [-0.15, -0.1) is 0 Å². The predicted octanol–water partition coefficient (Wildman–Crippen LogP) is 6.03. The van der Waals surface area contributed by atoms with Crippen LogP contribution in [0.3, 0.4) is 0 Å². The van der Waals surface area contributed by atoms with E-state index in [4.69, 9.17) is 14.5 Å². The fraction of sp³-hybridized carbons (Fsp3) is 0.448. The van der Waals surface area contributed by atoms with E-state index in [-0.39, 0.29) is 11.3 Å². The van der Waals surface area contributed by atoms with Gasteiger partial charge in [-0.05, 0) is 56.0 Å². The summed E-state index contributed by atoms with van der Waals surface area (Å²) in [5, 5.41) is 3.03. The summed E-state index contributed by atoms with van der Waals surface area (Å²) in [4.78, 5) is 17.0. The smallest absolute Gasteiger partial charge is 0.225 e. The van der Waals surface area contributed by atoms with E-state index in [1.807, 2.05) is 64.1 Å². The number of hydrogen-bond donors (Lipinski definition) is 1. The van der Waals surface area contributed by atoms with E-state index in [2.05, 4.69) is 28.1 Å². The molecule has 0 aliphatic carbocycles. The summed E-state index contributed by atoms with van der Waals surface area (Å²) < 4.78 is 13.8. The van der Waals surface area contributed by atoms with E-state index in [1.165, 1.54) is 0 Å². The zero-order valence-electron chi connectivity index (χ0n) is 21.8. The highest BCUT2D eigenvalue weighted by Gasteiger charge is 2.20. The Morgan fingerprint density at radius 2 is 1.89 bits per heavy atom. The number of amides is 1. The molecule has 3 rings (SSSR count). The Morgan fingerprint density at radius 1 is 1.09 bits per heavy atom. The van der Waals surface area contributed by atoms with Crippen LogP contribution in [-0.2, 0) is 17.8 Å². The average molecular weight is 478 g/mol. The number of aromatic nitrogens is 2. The summed E-state index contributed by atoms with van der Waals surface area (Å²) in [6.45, 7) is 9.95. The number of fused-ring (bicyclic) bond motifs is 1. The van der Waals surface area contributed by atoms with E-state index < -0.39 is 0 Å². The van der Waals surface area contributed by atoms with Crippen LogP contribution in [0.4, 0.5) is 0 Å². The quantitative estimate of drug-likeness (QED) is 0.323. The van der Waals surface area contributed by atoms with Crippen LogP contribution in [0.15, 0.2) is 48.5 Å². The van der Waals surface area contributed by atoms with Gasteiger partial charge >= 0.3 is 0 Å². The summed E-state index contributed by atoms with van der Waals surface area (Å²) in [5.74, 6) is 2.67. The number of nitrogens with zero attached hydrogens (tertiary/aromatic N) is 2. The van der Waals surface area contributed by atoms with E-state index in [0.29, 0.717) is 13.2 Å². The minimum absolute atomic E-state index is 0.0825. The van der Waals surface area contributed by atoms with Gasteiger partial charge < -0.3 is 19.4 Å². The third-order valence-electron chi connectivity index (χ3n) is 5.86. The zero-order valence-corrected chi connectivity index (χ0v) is 21.8. The van der Waals surface area contributed by atoms with Crippen LogP contribution in [0.2, 0.25) is 0 Å². The Hall–Kier alpha value is -3.28. The standard InChI is InChI=1S/C29H39N3O3/c1-6-12-22-16-17-25(26(21-22)34-5)35-20-10-9-19-32-24-14-8-7-13-23(24)31-27(32)15-11-18-30-28(33)29(2,3)4/h6-8,12-14,16-17,21H,9-11,15,18-20H2,1-5H3,(H,30,33)/b12-6+. The highest BCUT2D eigenvalue weighted by molar-refractivity contribution is 5.81. The number of nitrogens with one attached hydrogen (secondary N) is 1. The number of allylic oxidation sites excluding steroid dienone is 1. The Bertz CT molecular complexity index is 1140. The molecule has 1 heterocycles. The van der Waals surface area contributed by atoms with Crippen molar-refractivity contribution in [3.8, 4) is 11.5 Å². The number of methoxy groups -OCH3 is 1. The SMILES string of the molecule is C/C=C/c1ccc(OCCCCn2c(CCCNC(=O)C(C)(C)C)nc3ccccc32)c(OC)c1. The number of hydrogen-bond acceptors (Lipinski definition) is 4. The summed E-state index contributed by atoms with van der Waals surface area (Å²) in [7, 11) is 1.67. The Kier molecular flexibility index (Phi) is 9.35. The van der Waals surface area contributed by atoms with Crippen molar-refractivity contribution in [2.75, 3.05) is 20.3 Å². The molecule has 0 aliphatic rings. The van der Waals surface area contributed by atoms with Crippen molar-refractivity contribution in [1.82, 2.24) is 14.9 Å². The zero-order chi connectivity index (χ0) is 25.3. The molecular formula is C29H39N3O3. The van der Waals surface area contributed by atoms with Crippen LogP contribution >= 0.6 is 0 Å². The second kappa shape index (κ2) is 12.4. The highest BCUT2D eigenvalue weighted by Crippen LogP contribution is 2.29. The molecule has 0 saturated heterocycles. The lowest BCUT2D eigenvalue weighted by atomic mass is 9.96. The monoisotopic (exact) mass is 477 g/mol. The van der Waals surface area contributed by atoms with Crippen molar-refractivity contribution in [2.45, 2.75) is 59.9 Å². The first-order valence-corrected chi connectivity index (χ1v) is 12.5. The number of unbranched alkanes of at least 4 members (excludes halogenated alkanes) is 1. The molecule has 0 aliphatic heterocycles. The fourth-order valence-electron chi connectivity index (χ4n) is 3.93. The van der Waals surface area contributed by atoms with Crippen molar-refractivity contribution in [2.24, 2.45) is 5.41 Å². The number of ether oxygens (including phenoxy) is 2. The Labute approximate surface area is 209 Å². The number of carbonyl (C=O) groups is 1. The minimum atomic E-state index is -0.367. The first kappa shape index (κ1) is 26.3. The van der Waals surface area contributed by atoms with Crippen LogP contribution < -0.4 is 14.8 Å². The van der Waals surface area contributed by atoms with Crippen molar-refractivity contribution in [3.63, 3.8) is 0 Å². The second-order valence-corrected chi connectivity index (χ2v) is 9.74. The number of imidazole rings is 1. The molecule has 0 radical (unpaired) electrons. The largest absolute Gasteiger partial charge is 0.493 e. The van der Waals surface area contributed by atoms with E-state index in [1.54, 1.807) is 7.11 Å². The van der Waals surface area contributed by atoms with Crippen molar-refractivity contribution >= 4 is 23.0 Å². The highest BCUT2D eigenvalue weighted by atomic mass is 16.5. The molecule has 0 bridgehead atoms. The molecule has 0 fully saturated rings. The van der Waals surface area contributed by atoms with Crippen molar-refractivity contribution < 1.29 is 14.3 Å². The maximum atomic E-state index is 12.1. The van der Waals surface area contributed by atoms with E-state index in [9.17, 15) is 4.79 Å². The van der Waals surface area contributed by atoms with Crippen molar-refractivity contribution in [3.05, 3.63) is 59.9 Å². The molecule has 35 heavy (non-hydrogen) atoms. The van der Waals surface area contributed by atoms with Gasteiger partial charge in [-0.1, -0.05) is 51.1 Å². The Balaban J connectivity index is 1.54. The fourth-order valence-corrected chi connectivity index (χ4v) is 3.93. The number of para-hydroxylation sites is 2. The van der Waals surface area contributed by atoms with Crippen LogP contribution in [0.25, 0.3) is 17.1 Å². The molecule has 0 atom stereocenters. The van der Waals surface area contributed by atoms with E-state index >= 15 is 0 Å². The summed E-state index contributed by atoms with van der Waals surface area (Å²) in [6, 6.07) is 14.3. The number of aryl methyl sites for hydroxylation is 2. The van der Waals surface area contributed by atoms with Gasteiger partial charge in [0.15, 0.2) is 11.5 Å². The first-order chi connectivity index (χ1) is 16.8. The van der Waals surface area contributed by atoms with Crippen LogP contribution in [0.1, 0.15) is 58.3 Å². The van der Waals surface area contributed by atoms with Crippen LogP contribution in [0.5, 0.6) is 11.5 Å². The van der Waals surface area contributed by atoms with Gasteiger partial charge in [0.2, 0.25) is 5.91 Å². The van der Waals surface area contributed by atoms with Gasteiger partial charge in [0.05, 0.1) is 24.8 Å². The van der Waals surface area contributed by atoms with Crippen LogP contribution in [0, 0.1) is 5.41 Å². The van der Waals surface area contributed by atoms with Gasteiger partial charge in [0.1, 0.15) is 5.82 Å². The average Bonchev–Trinajstić information content (AvgIpc) is 3.19. The lowest BCUT2D eigenvalue weighted by molar-refractivity contribution is -0.128. The topological polar surface area (TPSA) is 65.4 Å². The molecule has 0 unspecified atom stereocenters. The molecule has 6 nitrogen and oxygen atoms in total. The van der Waals surface area contributed by atoms with Gasteiger partial charge in [0, 0.05) is 24.9 Å². The third-order valence-corrected chi connectivity index (χ3v) is 5.86. The van der Waals surface area contributed by atoms with Gasteiger partial charge in [-0.3, -0.25) is 4.79 Å². The summed E-state index contributed by atoms with van der Waals surface area (Å²) in [5.41, 5.74) is 2.90. The molecule has 1 amide bonds. The molecule has 1 N–H and O–H groups in total. The number of rotatable bonds is 12. The van der Waals surface area contributed by atoms with Crippen molar-refractivity contribution in [1.29, 1.82) is 0 Å². The van der Waals surface area contributed by atoms with Crippen LogP contribution in [-0.4, -0.2) is 35.7 Å².